The predicted octanol–water partition coefficient (Wildman–Crippen LogP) is 9.90. The van der Waals surface area contributed by atoms with Crippen LogP contribution in [0.1, 0.15) is 83.1 Å². The van der Waals surface area contributed by atoms with Crippen LogP contribution in [0.4, 0.5) is 0 Å². The second-order valence-corrected chi connectivity index (χ2v) is 4.96. The van der Waals surface area contributed by atoms with E-state index >= 15 is 0 Å². The normalized spacial score (nSPS) is 11.2. The summed E-state index contributed by atoms with van der Waals surface area (Å²) in [5, 5.41) is 0. The first kappa shape index (κ1) is 35.0. The van der Waals surface area contributed by atoms with Gasteiger partial charge in [-0.05, 0) is 55.4 Å². The van der Waals surface area contributed by atoms with E-state index in [2.05, 4.69) is 50.3 Å². The lowest BCUT2D eigenvalue weighted by Crippen LogP contribution is -1.72. The molecule has 0 aromatic rings. The van der Waals surface area contributed by atoms with E-state index in [0.717, 1.165) is 0 Å². The summed E-state index contributed by atoms with van der Waals surface area (Å²) in [6.07, 6.45) is 20.6. The maximum Gasteiger partial charge on any atom is 0.00758 e. The minimum absolute atomic E-state index is 1.29. The van der Waals surface area contributed by atoms with Crippen LogP contribution < -0.4 is 0 Å². The van der Waals surface area contributed by atoms with Crippen LogP contribution in [-0.4, -0.2) is 0 Å². The lowest BCUT2D eigenvalue weighted by atomic mass is 10.4. The Morgan fingerprint density at radius 2 is 0.680 bits per heavy atom. The molecule has 0 aromatic heterocycles. The molecule has 0 spiro atoms. The van der Waals surface area contributed by atoms with E-state index in [0.29, 0.717) is 0 Å². The van der Waals surface area contributed by atoms with Crippen molar-refractivity contribution in [1.29, 1.82) is 0 Å². The quantitative estimate of drug-likeness (QED) is 0.352. The Hall–Kier alpha value is -1.21. The van der Waals surface area contributed by atoms with Gasteiger partial charge in [0, 0.05) is 9.81 Å². The van der Waals surface area contributed by atoms with Gasteiger partial charge in [-0.1, -0.05) is 100 Å². The summed E-state index contributed by atoms with van der Waals surface area (Å²) in [6, 6.07) is 0. The van der Waals surface area contributed by atoms with Crippen LogP contribution >= 0.6 is 11.8 Å². The van der Waals surface area contributed by atoms with Gasteiger partial charge in [-0.3, -0.25) is 0 Å². The Kier molecular flexibility index (Phi) is 60.8. The first-order valence-electron chi connectivity index (χ1n) is 9.52. The fourth-order valence-electron chi connectivity index (χ4n) is 0.843. The predicted molar refractivity (Wildman–Crippen MR) is 128 cm³/mol. The van der Waals surface area contributed by atoms with Crippen molar-refractivity contribution in [3.05, 3.63) is 70.6 Å². The van der Waals surface area contributed by atoms with Gasteiger partial charge in [0.2, 0.25) is 0 Å². The van der Waals surface area contributed by atoms with Crippen LogP contribution in [0.2, 0.25) is 0 Å². The summed E-state index contributed by atoms with van der Waals surface area (Å²) in [5.41, 5.74) is 0. The molecule has 1 heteroatoms. The van der Waals surface area contributed by atoms with Gasteiger partial charge in [-0.2, -0.15) is 0 Å². The summed E-state index contributed by atoms with van der Waals surface area (Å²) < 4.78 is 0. The highest BCUT2D eigenvalue weighted by Crippen LogP contribution is 2.26. The Morgan fingerprint density at radius 3 is 0.800 bits per heavy atom. The summed E-state index contributed by atoms with van der Waals surface area (Å²) in [7, 11) is 0. The van der Waals surface area contributed by atoms with Crippen molar-refractivity contribution >= 4 is 11.8 Å². The van der Waals surface area contributed by atoms with Crippen LogP contribution in [0.3, 0.4) is 0 Å². The molecular formula is C24H46S. The molecule has 0 heterocycles. The second kappa shape index (κ2) is 43.4. The molecular weight excluding hydrogens is 320 g/mol. The fourth-order valence-corrected chi connectivity index (χ4v) is 1.76. The molecule has 25 heavy (non-hydrogen) atoms. The first-order valence-corrected chi connectivity index (χ1v) is 10.3. The zero-order valence-corrected chi connectivity index (χ0v) is 20.0. The average Bonchev–Trinajstić information content (AvgIpc) is 2.70. The number of thioether (sulfide) groups is 1. The van der Waals surface area contributed by atoms with Crippen molar-refractivity contribution in [2.75, 3.05) is 0 Å². The van der Waals surface area contributed by atoms with Gasteiger partial charge in [-0.15, -0.1) is 0 Å². The van der Waals surface area contributed by atoms with Crippen molar-refractivity contribution in [2.45, 2.75) is 83.1 Å². The van der Waals surface area contributed by atoms with Gasteiger partial charge in [0.1, 0.15) is 0 Å². The summed E-state index contributed by atoms with van der Waals surface area (Å²) in [5.74, 6) is 0. The Labute approximate surface area is 165 Å². The monoisotopic (exact) mass is 366 g/mol. The van der Waals surface area contributed by atoms with Crippen LogP contribution in [0.5, 0.6) is 0 Å². The Morgan fingerprint density at radius 1 is 0.440 bits per heavy atom. The number of hydrogen-bond acceptors (Lipinski definition) is 1. The van der Waals surface area contributed by atoms with Crippen LogP contribution in [0.25, 0.3) is 0 Å². The van der Waals surface area contributed by atoms with E-state index in [-0.39, 0.29) is 0 Å². The average molecular weight is 367 g/mol. The van der Waals surface area contributed by atoms with Gasteiger partial charge >= 0.3 is 0 Å². The van der Waals surface area contributed by atoms with E-state index < -0.39 is 0 Å². The van der Waals surface area contributed by atoms with Crippen molar-refractivity contribution < 1.29 is 0 Å². The number of allylic oxidation sites excluding steroid dienone is 10. The number of rotatable bonds is 4. The summed E-state index contributed by atoms with van der Waals surface area (Å²) in [4.78, 5) is 2.57. The van der Waals surface area contributed by atoms with Gasteiger partial charge in [0.15, 0.2) is 0 Å². The van der Waals surface area contributed by atoms with Gasteiger partial charge in [0.05, 0.1) is 0 Å². The SMILES string of the molecule is C/C=C\C.C/C=C\C.C/C=C\C(=C/C)SC(/C=C\C)=C/C.CC.CC. The molecule has 0 aromatic carbocycles. The van der Waals surface area contributed by atoms with Crippen molar-refractivity contribution in [3.63, 3.8) is 0 Å². The maximum atomic E-state index is 2.12. The summed E-state index contributed by atoms with van der Waals surface area (Å²) in [6.45, 7) is 24.2. The molecule has 0 aliphatic rings. The smallest absolute Gasteiger partial charge is 0.00758 e. The zero-order valence-electron chi connectivity index (χ0n) is 19.2. The Balaban J connectivity index is -0.0000000915. The molecule has 0 saturated carbocycles. The molecule has 0 radical (unpaired) electrons. The molecule has 0 saturated heterocycles. The first-order chi connectivity index (χ1) is 12.1. The lowest BCUT2D eigenvalue weighted by Gasteiger charge is -2.01. The molecule has 0 N–H and O–H groups in total. The lowest BCUT2D eigenvalue weighted by molar-refractivity contribution is 1.50. The molecule has 0 fully saturated rings. The van der Waals surface area contributed by atoms with Crippen molar-refractivity contribution in [1.82, 2.24) is 0 Å². The molecule has 0 aliphatic heterocycles. The zero-order chi connectivity index (χ0) is 20.9. The molecule has 0 unspecified atom stereocenters. The third kappa shape index (κ3) is 45.0. The molecule has 0 amide bonds. The third-order valence-corrected chi connectivity index (χ3v) is 3.35. The van der Waals surface area contributed by atoms with Crippen LogP contribution in [0, 0.1) is 0 Å². The topological polar surface area (TPSA) is 0 Å². The summed E-state index contributed by atoms with van der Waals surface area (Å²) >= 11 is 1.79. The fraction of sp³-hybridized carbons (Fsp3) is 0.500. The maximum absolute atomic E-state index is 2.12. The third-order valence-electron chi connectivity index (χ3n) is 2.13. The molecule has 0 aliphatic carbocycles. The van der Waals surface area contributed by atoms with Crippen molar-refractivity contribution in [2.24, 2.45) is 0 Å². The molecule has 148 valence electrons. The molecule has 0 rings (SSSR count). The highest BCUT2D eigenvalue weighted by atomic mass is 32.2. The molecule has 0 nitrogen and oxygen atoms in total. The van der Waals surface area contributed by atoms with E-state index in [1.165, 1.54) is 9.81 Å². The minimum Gasteiger partial charge on any atom is -0.0919 e. The van der Waals surface area contributed by atoms with E-state index in [1.54, 1.807) is 11.8 Å². The van der Waals surface area contributed by atoms with Gasteiger partial charge in [-0.25, -0.2) is 0 Å². The van der Waals surface area contributed by atoms with Crippen LogP contribution in [0.15, 0.2) is 70.6 Å². The second-order valence-electron chi connectivity index (χ2n) is 3.82. The van der Waals surface area contributed by atoms with E-state index in [9.17, 15) is 0 Å². The van der Waals surface area contributed by atoms with Gasteiger partial charge < -0.3 is 0 Å². The Bertz CT molecular complexity index is 320. The standard InChI is InChI=1S/C12H18S.2C4H8.2C2H6/c1-5-9-11(7-3)13-12(8-4)10-6-2;2*1-3-4-2;2*1-2/h5-10H,1-4H3;2*3-4H,1-2H3;2*1-2H3/b9-5-,10-6-,11-7+,12-8+;2*4-3-;;. The van der Waals surface area contributed by atoms with Gasteiger partial charge in [0.25, 0.3) is 0 Å². The minimum atomic E-state index is 1.29. The van der Waals surface area contributed by atoms with Crippen LogP contribution in [-0.2, 0) is 0 Å². The van der Waals surface area contributed by atoms with Crippen molar-refractivity contribution in [3.8, 4) is 0 Å². The largest absolute Gasteiger partial charge is 0.0919 e. The highest BCUT2D eigenvalue weighted by Gasteiger charge is 1.94. The van der Waals surface area contributed by atoms with E-state index in [4.69, 9.17) is 0 Å². The molecule has 0 atom stereocenters. The number of hydrogen-bond donors (Lipinski definition) is 0. The highest BCUT2D eigenvalue weighted by molar-refractivity contribution is 8.07. The van der Waals surface area contributed by atoms with E-state index in [1.807, 2.05) is 93.5 Å². The molecule has 0 bridgehead atoms.